The zero-order valence-corrected chi connectivity index (χ0v) is 18.2. The third-order valence-electron chi connectivity index (χ3n) is 4.68. The molecule has 0 spiro atoms. The third-order valence-corrected chi connectivity index (χ3v) is 5.17. The van der Waals surface area contributed by atoms with Crippen molar-refractivity contribution in [2.75, 3.05) is 26.3 Å². The quantitative estimate of drug-likeness (QED) is 0.404. The lowest BCUT2D eigenvalue weighted by molar-refractivity contribution is 0.00336. The molecule has 0 fully saturated rings. The molecule has 0 saturated carbocycles. The fourth-order valence-corrected chi connectivity index (χ4v) is 3.70. The van der Waals surface area contributed by atoms with E-state index >= 15 is 0 Å². The van der Waals surface area contributed by atoms with Crippen LogP contribution < -0.4 is 0 Å². The fraction of sp³-hybridized carbons (Fsp3) is 0.348. The van der Waals surface area contributed by atoms with Gasteiger partial charge in [-0.3, -0.25) is 4.90 Å². The van der Waals surface area contributed by atoms with Gasteiger partial charge in [-0.1, -0.05) is 58.7 Å². The molecule has 0 aliphatic carbocycles. The van der Waals surface area contributed by atoms with Crippen LogP contribution in [0.2, 0.25) is 10.0 Å². The monoisotopic (exact) mass is 448 g/mol. The summed E-state index contributed by atoms with van der Waals surface area (Å²) in [6, 6.07) is 15.3. The molecular weight excluding hydrogens is 423 g/mol. The second-order valence-electron chi connectivity index (χ2n) is 7.28. The van der Waals surface area contributed by atoms with E-state index in [4.69, 9.17) is 32.8 Å². The minimum absolute atomic E-state index is 0.101. The van der Waals surface area contributed by atoms with Crippen molar-refractivity contribution in [3.8, 4) is 0 Å². The minimum Gasteiger partial charge on any atom is -0.390 e. The van der Waals surface area contributed by atoms with Gasteiger partial charge >= 0.3 is 0 Å². The maximum atomic E-state index is 10.4. The van der Waals surface area contributed by atoms with Crippen molar-refractivity contribution in [2.45, 2.75) is 25.2 Å². The van der Waals surface area contributed by atoms with Gasteiger partial charge in [0.15, 0.2) is 0 Å². The summed E-state index contributed by atoms with van der Waals surface area (Å²) in [6.45, 7) is 5.98. The molecule has 30 heavy (non-hydrogen) atoms. The normalized spacial score (nSPS) is 16.9. The van der Waals surface area contributed by atoms with E-state index in [9.17, 15) is 5.11 Å². The first-order valence-electron chi connectivity index (χ1n) is 9.85. The number of rotatable bonds is 11. The molecule has 0 amide bonds. The van der Waals surface area contributed by atoms with Crippen LogP contribution in [0, 0.1) is 0 Å². The van der Waals surface area contributed by atoms with E-state index in [1.165, 1.54) is 0 Å². The number of hydrogen-bond acceptors (Lipinski definition) is 5. The molecule has 1 aliphatic rings. The molecule has 160 valence electrons. The van der Waals surface area contributed by atoms with Crippen LogP contribution >= 0.6 is 23.2 Å². The van der Waals surface area contributed by atoms with Crippen LogP contribution in [0.15, 0.2) is 66.3 Å². The Labute approximate surface area is 187 Å². The number of aliphatic hydroxyl groups excluding tert-OH is 1. The molecule has 1 aliphatic heterocycles. The smallest absolute Gasteiger partial charge is 0.145 e. The summed E-state index contributed by atoms with van der Waals surface area (Å²) in [5.41, 5.74) is 2.97. The number of ether oxygens (including phenoxy) is 1. The predicted octanol–water partition coefficient (Wildman–Crippen LogP) is 4.55. The Morgan fingerprint density at radius 3 is 2.77 bits per heavy atom. The summed E-state index contributed by atoms with van der Waals surface area (Å²) in [4.78, 5) is 7.82. The van der Waals surface area contributed by atoms with Crippen LogP contribution in [0.1, 0.15) is 17.5 Å². The highest BCUT2D eigenvalue weighted by atomic mass is 35.5. The van der Waals surface area contributed by atoms with Gasteiger partial charge in [-0.05, 0) is 35.4 Å². The number of halogens is 2. The van der Waals surface area contributed by atoms with Crippen molar-refractivity contribution in [1.82, 2.24) is 4.90 Å². The highest BCUT2D eigenvalue weighted by Gasteiger charge is 2.26. The standard InChI is InChI=1S/C23H26Cl2N2O3/c1-2-10-29-16-21(28)14-27(13-17-4-3-5-20(25)11-17)15-22-12-23(26-30-22)18-6-8-19(24)9-7-18/h2-9,11,21-22,28H,1,10,12-16H2/t21-,22-/m0/s1. The molecule has 2 aromatic rings. The zero-order chi connectivity index (χ0) is 21.3. The number of aliphatic hydroxyl groups is 1. The Morgan fingerprint density at radius 1 is 1.23 bits per heavy atom. The average Bonchev–Trinajstić information content (AvgIpc) is 3.17. The SMILES string of the molecule is C=CCOC[C@@H](O)CN(Cc1cccc(Cl)c1)C[C@@H]1CC(c2ccc(Cl)cc2)=NO1. The van der Waals surface area contributed by atoms with Crippen molar-refractivity contribution < 1.29 is 14.7 Å². The topological polar surface area (TPSA) is 54.3 Å². The van der Waals surface area contributed by atoms with Crippen LogP contribution in [-0.4, -0.2) is 54.2 Å². The lowest BCUT2D eigenvalue weighted by atomic mass is 10.0. The molecule has 2 aromatic carbocycles. The van der Waals surface area contributed by atoms with Gasteiger partial charge < -0.3 is 14.7 Å². The Morgan fingerprint density at radius 2 is 2.03 bits per heavy atom. The molecule has 1 N–H and O–H groups in total. The molecule has 0 bridgehead atoms. The number of nitrogens with zero attached hydrogens (tertiary/aromatic N) is 2. The molecule has 1 heterocycles. The van der Waals surface area contributed by atoms with E-state index < -0.39 is 6.10 Å². The molecular formula is C23H26Cl2N2O3. The highest BCUT2D eigenvalue weighted by molar-refractivity contribution is 6.31. The van der Waals surface area contributed by atoms with E-state index in [0.717, 1.165) is 16.8 Å². The Bertz CT molecular complexity index is 858. The molecule has 5 nitrogen and oxygen atoms in total. The van der Waals surface area contributed by atoms with E-state index in [-0.39, 0.29) is 12.7 Å². The second-order valence-corrected chi connectivity index (χ2v) is 8.15. The predicted molar refractivity (Wildman–Crippen MR) is 121 cm³/mol. The van der Waals surface area contributed by atoms with E-state index in [1.54, 1.807) is 6.08 Å². The fourth-order valence-electron chi connectivity index (χ4n) is 3.36. The second kappa shape index (κ2) is 11.5. The molecule has 7 heteroatoms. The lowest BCUT2D eigenvalue weighted by Gasteiger charge is -2.27. The van der Waals surface area contributed by atoms with Crippen LogP contribution in [0.5, 0.6) is 0 Å². The number of oxime groups is 1. The summed E-state index contributed by atoms with van der Waals surface area (Å²) in [7, 11) is 0. The van der Waals surface area contributed by atoms with Gasteiger partial charge in [-0.2, -0.15) is 0 Å². The van der Waals surface area contributed by atoms with Gasteiger partial charge in [0.25, 0.3) is 0 Å². The van der Waals surface area contributed by atoms with Gasteiger partial charge in [0.05, 0.1) is 25.0 Å². The van der Waals surface area contributed by atoms with Crippen LogP contribution in [0.4, 0.5) is 0 Å². The summed E-state index contributed by atoms with van der Waals surface area (Å²) in [5.74, 6) is 0. The molecule has 0 unspecified atom stereocenters. The van der Waals surface area contributed by atoms with E-state index in [1.807, 2.05) is 48.5 Å². The molecule has 0 aromatic heterocycles. The maximum Gasteiger partial charge on any atom is 0.145 e. The summed E-state index contributed by atoms with van der Waals surface area (Å²) in [6.07, 6.45) is 1.63. The van der Waals surface area contributed by atoms with Crippen LogP contribution in [-0.2, 0) is 16.1 Å². The maximum absolute atomic E-state index is 10.4. The third kappa shape index (κ3) is 7.11. The van der Waals surface area contributed by atoms with E-state index in [2.05, 4.69) is 16.6 Å². The van der Waals surface area contributed by atoms with Gasteiger partial charge in [0.2, 0.25) is 0 Å². The Balaban J connectivity index is 1.61. The zero-order valence-electron chi connectivity index (χ0n) is 16.7. The van der Waals surface area contributed by atoms with Gasteiger partial charge in [-0.15, -0.1) is 6.58 Å². The Hall–Kier alpha value is -1.89. The first-order chi connectivity index (χ1) is 14.5. The summed E-state index contributed by atoms with van der Waals surface area (Å²) < 4.78 is 5.39. The largest absolute Gasteiger partial charge is 0.390 e. The van der Waals surface area contributed by atoms with Crippen molar-refractivity contribution in [3.63, 3.8) is 0 Å². The molecule has 0 saturated heterocycles. The van der Waals surface area contributed by atoms with Gasteiger partial charge in [0, 0.05) is 36.1 Å². The molecule has 2 atom stereocenters. The van der Waals surface area contributed by atoms with Crippen LogP contribution in [0.25, 0.3) is 0 Å². The summed E-state index contributed by atoms with van der Waals surface area (Å²) in [5, 5.41) is 16.0. The number of hydrogen-bond donors (Lipinski definition) is 1. The van der Waals surface area contributed by atoms with Gasteiger partial charge in [0.1, 0.15) is 6.10 Å². The minimum atomic E-state index is -0.623. The van der Waals surface area contributed by atoms with Crippen molar-refractivity contribution in [1.29, 1.82) is 0 Å². The van der Waals surface area contributed by atoms with Crippen molar-refractivity contribution in [3.05, 3.63) is 82.4 Å². The van der Waals surface area contributed by atoms with Crippen LogP contribution in [0.3, 0.4) is 0 Å². The molecule has 3 rings (SSSR count). The molecule has 0 radical (unpaired) electrons. The Kier molecular flexibility index (Phi) is 8.73. The van der Waals surface area contributed by atoms with Gasteiger partial charge in [-0.25, -0.2) is 0 Å². The van der Waals surface area contributed by atoms with Crippen molar-refractivity contribution >= 4 is 28.9 Å². The lowest BCUT2D eigenvalue weighted by Crippen LogP contribution is -2.39. The first-order valence-corrected chi connectivity index (χ1v) is 10.6. The number of benzene rings is 2. The van der Waals surface area contributed by atoms with Crippen molar-refractivity contribution in [2.24, 2.45) is 5.16 Å². The van der Waals surface area contributed by atoms with E-state index in [0.29, 0.717) is 42.7 Å². The highest BCUT2D eigenvalue weighted by Crippen LogP contribution is 2.21. The summed E-state index contributed by atoms with van der Waals surface area (Å²) >= 11 is 12.1. The average molecular weight is 449 g/mol. The first kappa shape index (κ1) is 22.8.